The third kappa shape index (κ3) is 4.26. The summed E-state index contributed by atoms with van der Waals surface area (Å²) in [5.74, 6) is -0.115. The van der Waals surface area contributed by atoms with E-state index in [0.29, 0.717) is 23.5 Å². The van der Waals surface area contributed by atoms with Gasteiger partial charge in [0, 0.05) is 30.2 Å². The predicted molar refractivity (Wildman–Crippen MR) is 96.9 cm³/mol. The highest BCUT2D eigenvalue weighted by molar-refractivity contribution is 6.08. The van der Waals surface area contributed by atoms with E-state index in [0.717, 1.165) is 5.56 Å². The van der Waals surface area contributed by atoms with E-state index in [1.54, 1.807) is 36.5 Å². The first kappa shape index (κ1) is 16.3. The van der Waals surface area contributed by atoms with Crippen molar-refractivity contribution in [3.8, 4) is 5.75 Å². The zero-order valence-corrected chi connectivity index (χ0v) is 13.3. The minimum Gasteiger partial charge on any atom is -0.508 e. The molecular weight excluding hydrogens is 318 g/mol. The number of pyridine rings is 1. The SMILES string of the molecule is O=C(Nc1ccc(O)cc1)c1ccccc1NCc1ccc(=O)[nH]c1. The van der Waals surface area contributed by atoms with Gasteiger partial charge in [-0.2, -0.15) is 0 Å². The number of anilines is 2. The molecule has 1 aromatic heterocycles. The third-order valence-corrected chi connectivity index (χ3v) is 3.63. The van der Waals surface area contributed by atoms with Gasteiger partial charge in [-0.05, 0) is 42.0 Å². The maximum Gasteiger partial charge on any atom is 0.257 e. The van der Waals surface area contributed by atoms with Gasteiger partial charge in [-0.3, -0.25) is 9.59 Å². The summed E-state index contributed by atoms with van der Waals surface area (Å²) in [5.41, 5.74) is 2.52. The van der Waals surface area contributed by atoms with Gasteiger partial charge in [-0.1, -0.05) is 18.2 Å². The Morgan fingerprint density at radius 1 is 1.00 bits per heavy atom. The maximum absolute atomic E-state index is 12.5. The Balaban J connectivity index is 1.73. The summed E-state index contributed by atoms with van der Waals surface area (Å²) in [6, 6.07) is 16.6. The van der Waals surface area contributed by atoms with Crippen LogP contribution >= 0.6 is 0 Å². The van der Waals surface area contributed by atoms with E-state index in [4.69, 9.17) is 0 Å². The lowest BCUT2D eigenvalue weighted by Gasteiger charge is -2.12. The summed E-state index contributed by atoms with van der Waals surface area (Å²) in [7, 11) is 0. The summed E-state index contributed by atoms with van der Waals surface area (Å²) < 4.78 is 0. The van der Waals surface area contributed by atoms with Crippen LogP contribution in [0.15, 0.2) is 71.7 Å². The second kappa shape index (κ2) is 7.35. The molecule has 6 nitrogen and oxygen atoms in total. The van der Waals surface area contributed by atoms with E-state index in [1.807, 2.05) is 12.1 Å². The van der Waals surface area contributed by atoms with E-state index in [9.17, 15) is 14.7 Å². The number of phenols is 1. The highest BCUT2D eigenvalue weighted by Crippen LogP contribution is 2.19. The second-order valence-electron chi connectivity index (χ2n) is 5.46. The number of hydrogen-bond acceptors (Lipinski definition) is 4. The van der Waals surface area contributed by atoms with Gasteiger partial charge in [0.2, 0.25) is 5.56 Å². The number of nitrogens with one attached hydrogen (secondary N) is 3. The highest BCUT2D eigenvalue weighted by atomic mass is 16.3. The number of carbonyl (C=O) groups is 1. The first-order valence-corrected chi connectivity index (χ1v) is 7.73. The van der Waals surface area contributed by atoms with E-state index in [1.165, 1.54) is 18.2 Å². The summed E-state index contributed by atoms with van der Waals surface area (Å²) >= 11 is 0. The molecule has 0 aliphatic heterocycles. The van der Waals surface area contributed by atoms with Crippen molar-refractivity contribution in [1.29, 1.82) is 0 Å². The minimum absolute atomic E-state index is 0.140. The van der Waals surface area contributed by atoms with E-state index in [2.05, 4.69) is 15.6 Å². The fraction of sp³-hybridized carbons (Fsp3) is 0.0526. The molecule has 0 fully saturated rings. The van der Waals surface area contributed by atoms with Crippen LogP contribution in [0.1, 0.15) is 15.9 Å². The number of para-hydroxylation sites is 1. The molecule has 0 saturated heterocycles. The number of rotatable bonds is 5. The van der Waals surface area contributed by atoms with Gasteiger partial charge in [0.1, 0.15) is 5.75 Å². The molecule has 126 valence electrons. The van der Waals surface area contributed by atoms with Gasteiger partial charge in [0.15, 0.2) is 0 Å². The number of aromatic hydroxyl groups is 1. The Bertz CT molecular complexity index is 913. The van der Waals surface area contributed by atoms with E-state index >= 15 is 0 Å². The molecule has 2 aromatic carbocycles. The first-order chi connectivity index (χ1) is 12.1. The van der Waals surface area contributed by atoms with Crippen LogP contribution in [0.3, 0.4) is 0 Å². The number of hydrogen-bond donors (Lipinski definition) is 4. The molecule has 4 N–H and O–H groups in total. The molecule has 1 amide bonds. The number of benzene rings is 2. The predicted octanol–water partition coefficient (Wildman–Crippen LogP) is 2.94. The summed E-state index contributed by atoms with van der Waals surface area (Å²) in [6.45, 7) is 0.473. The number of H-pyrrole nitrogens is 1. The number of phenolic OH excluding ortho intramolecular Hbond substituents is 1. The quantitative estimate of drug-likeness (QED) is 0.539. The van der Waals surface area contributed by atoms with Crippen molar-refractivity contribution in [2.45, 2.75) is 6.54 Å². The van der Waals surface area contributed by atoms with E-state index < -0.39 is 0 Å². The van der Waals surface area contributed by atoms with Crippen molar-refractivity contribution in [1.82, 2.24) is 4.98 Å². The Kier molecular flexibility index (Phi) is 4.80. The van der Waals surface area contributed by atoms with Crippen molar-refractivity contribution < 1.29 is 9.90 Å². The Morgan fingerprint density at radius 2 is 1.76 bits per heavy atom. The molecule has 0 atom stereocenters. The molecule has 0 saturated carbocycles. The zero-order chi connectivity index (χ0) is 17.6. The monoisotopic (exact) mass is 335 g/mol. The first-order valence-electron chi connectivity index (χ1n) is 7.73. The van der Waals surface area contributed by atoms with Crippen molar-refractivity contribution >= 4 is 17.3 Å². The Morgan fingerprint density at radius 3 is 2.48 bits per heavy atom. The van der Waals surface area contributed by atoms with Crippen molar-refractivity contribution in [3.63, 3.8) is 0 Å². The molecule has 0 aliphatic carbocycles. The highest BCUT2D eigenvalue weighted by Gasteiger charge is 2.11. The van der Waals surface area contributed by atoms with Crippen LogP contribution in [0.25, 0.3) is 0 Å². The number of amides is 1. The Hall–Kier alpha value is -3.54. The number of aromatic nitrogens is 1. The van der Waals surface area contributed by atoms with Crippen LogP contribution in [0, 0.1) is 0 Å². The molecule has 1 heterocycles. The van der Waals surface area contributed by atoms with Gasteiger partial charge in [0.25, 0.3) is 5.91 Å². The average Bonchev–Trinajstić information content (AvgIpc) is 2.63. The van der Waals surface area contributed by atoms with Gasteiger partial charge in [-0.25, -0.2) is 0 Å². The standard InChI is InChI=1S/C19H17N3O3/c23-15-8-6-14(7-9-15)22-19(25)16-3-1-2-4-17(16)20-11-13-5-10-18(24)21-12-13/h1-10,12,20,23H,11H2,(H,21,24)(H,22,25). The molecule has 3 aromatic rings. The molecule has 0 unspecified atom stereocenters. The van der Waals surface area contributed by atoms with Crippen LogP contribution in [-0.2, 0) is 6.54 Å². The molecule has 25 heavy (non-hydrogen) atoms. The molecular formula is C19H17N3O3. The molecule has 0 radical (unpaired) electrons. The lowest BCUT2D eigenvalue weighted by Crippen LogP contribution is -2.15. The smallest absolute Gasteiger partial charge is 0.257 e. The van der Waals surface area contributed by atoms with Crippen LogP contribution in [0.5, 0.6) is 5.75 Å². The summed E-state index contributed by atoms with van der Waals surface area (Å²) in [5, 5.41) is 15.3. The fourth-order valence-electron chi connectivity index (χ4n) is 2.33. The molecule has 0 bridgehead atoms. The summed E-state index contributed by atoms with van der Waals surface area (Å²) in [4.78, 5) is 26.2. The minimum atomic E-state index is -0.254. The van der Waals surface area contributed by atoms with Crippen LogP contribution < -0.4 is 16.2 Å². The fourth-order valence-corrected chi connectivity index (χ4v) is 2.33. The summed E-state index contributed by atoms with van der Waals surface area (Å²) in [6.07, 6.45) is 1.63. The molecule has 3 rings (SSSR count). The lowest BCUT2D eigenvalue weighted by molar-refractivity contribution is 0.102. The van der Waals surface area contributed by atoms with Crippen LogP contribution in [0.2, 0.25) is 0 Å². The van der Waals surface area contributed by atoms with Crippen molar-refractivity contribution in [2.24, 2.45) is 0 Å². The average molecular weight is 335 g/mol. The van der Waals surface area contributed by atoms with Gasteiger partial charge >= 0.3 is 0 Å². The van der Waals surface area contributed by atoms with Gasteiger partial charge in [-0.15, -0.1) is 0 Å². The van der Waals surface area contributed by atoms with Crippen LogP contribution in [0.4, 0.5) is 11.4 Å². The molecule has 0 spiro atoms. The van der Waals surface area contributed by atoms with Gasteiger partial charge < -0.3 is 20.7 Å². The van der Waals surface area contributed by atoms with Gasteiger partial charge in [0.05, 0.1) is 5.56 Å². The normalized spacial score (nSPS) is 10.2. The number of carbonyl (C=O) groups excluding carboxylic acids is 1. The second-order valence-corrected chi connectivity index (χ2v) is 5.46. The zero-order valence-electron chi connectivity index (χ0n) is 13.3. The number of aromatic amines is 1. The third-order valence-electron chi connectivity index (χ3n) is 3.63. The maximum atomic E-state index is 12.5. The van der Waals surface area contributed by atoms with Crippen molar-refractivity contribution in [2.75, 3.05) is 10.6 Å². The van der Waals surface area contributed by atoms with Crippen LogP contribution in [-0.4, -0.2) is 16.0 Å². The molecule has 6 heteroatoms. The molecule has 0 aliphatic rings. The van der Waals surface area contributed by atoms with E-state index in [-0.39, 0.29) is 17.2 Å². The largest absolute Gasteiger partial charge is 0.508 e. The van der Waals surface area contributed by atoms with Crippen molar-refractivity contribution in [3.05, 3.63) is 88.3 Å². The topological polar surface area (TPSA) is 94.2 Å². The Labute approximate surface area is 144 Å². The lowest BCUT2D eigenvalue weighted by atomic mass is 10.1.